The lowest BCUT2D eigenvalue weighted by molar-refractivity contribution is 0.0527. The van der Waals surface area contributed by atoms with Crippen LogP contribution < -0.4 is 5.73 Å². The van der Waals surface area contributed by atoms with Crippen LogP contribution in [-0.2, 0) is 11.2 Å². The fourth-order valence-corrected chi connectivity index (χ4v) is 1.53. The van der Waals surface area contributed by atoms with Crippen LogP contribution in [0.3, 0.4) is 0 Å². The summed E-state index contributed by atoms with van der Waals surface area (Å²) in [7, 11) is 0. The molecule has 0 saturated heterocycles. The summed E-state index contributed by atoms with van der Waals surface area (Å²) in [6.07, 6.45) is 0.815. The van der Waals surface area contributed by atoms with Crippen LogP contribution in [0.5, 0.6) is 0 Å². The van der Waals surface area contributed by atoms with Crippen LogP contribution in [0.15, 0.2) is 18.2 Å². The van der Waals surface area contributed by atoms with Crippen LogP contribution in [0.4, 0.5) is 5.69 Å². The molecule has 0 fully saturated rings. The van der Waals surface area contributed by atoms with Crippen molar-refractivity contribution in [3.05, 3.63) is 29.3 Å². The summed E-state index contributed by atoms with van der Waals surface area (Å²) in [6.45, 7) is 2.13. The second-order valence-corrected chi connectivity index (χ2v) is 3.56. The molecule has 1 aromatic carbocycles. The summed E-state index contributed by atoms with van der Waals surface area (Å²) in [5.74, 6) is 0.377. The van der Waals surface area contributed by atoms with Gasteiger partial charge in [-0.1, -0.05) is 6.07 Å². The molecule has 1 aromatic rings. The molecule has 82 valence electrons. The molecular formula is C11H15NO2S. The van der Waals surface area contributed by atoms with E-state index in [-0.39, 0.29) is 5.97 Å². The second kappa shape index (κ2) is 5.66. The van der Waals surface area contributed by atoms with Crippen molar-refractivity contribution < 1.29 is 9.53 Å². The highest BCUT2D eigenvalue weighted by molar-refractivity contribution is 7.80. The molecule has 0 amide bonds. The Morgan fingerprint density at radius 1 is 1.53 bits per heavy atom. The molecule has 0 aliphatic carbocycles. The number of carbonyl (C=O) groups is 1. The van der Waals surface area contributed by atoms with E-state index in [1.54, 1.807) is 19.1 Å². The predicted octanol–water partition coefficient (Wildman–Crippen LogP) is 1.92. The molecule has 0 aliphatic rings. The first-order valence-electron chi connectivity index (χ1n) is 4.85. The van der Waals surface area contributed by atoms with Gasteiger partial charge in [-0.3, -0.25) is 0 Å². The van der Waals surface area contributed by atoms with E-state index in [0.717, 1.165) is 17.7 Å². The highest BCUT2D eigenvalue weighted by Crippen LogP contribution is 2.16. The van der Waals surface area contributed by atoms with Crippen molar-refractivity contribution in [2.45, 2.75) is 13.3 Å². The van der Waals surface area contributed by atoms with Crippen LogP contribution in [0.1, 0.15) is 22.8 Å². The summed E-state index contributed by atoms with van der Waals surface area (Å²) in [5, 5.41) is 0. The molecule has 0 saturated carbocycles. The van der Waals surface area contributed by atoms with Crippen molar-refractivity contribution in [2.24, 2.45) is 0 Å². The molecule has 0 aromatic heterocycles. The van der Waals surface area contributed by atoms with Crippen molar-refractivity contribution in [2.75, 3.05) is 18.1 Å². The zero-order chi connectivity index (χ0) is 11.3. The van der Waals surface area contributed by atoms with Crippen LogP contribution in [-0.4, -0.2) is 18.3 Å². The van der Waals surface area contributed by atoms with Gasteiger partial charge < -0.3 is 10.5 Å². The molecule has 4 heteroatoms. The SMILES string of the molecule is CCOC(=O)c1cc(CCS)ccc1N. The summed E-state index contributed by atoms with van der Waals surface area (Å²) in [5.41, 5.74) is 7.64. The average molecular weight is 225 g/mol. The van der Waals surface area contributed by atoms with Crippen LogP contribution in [0.25, 0.3) is 0 Å². The van der Waals surface area contributed by atoms with Crippen molar-refractivity contribution in [3.63, 3.8) is 0 Å². The van der Waals surface area contributed by atoms with Crippen LogP contribution in [0.2, 0.25) is 0 Å². The standard InChI is InChI=1S/C11H15NO2S/c1-2-14-11(13)9-7-8(5-6-15)3-4-10(9)12/h3-4,7,15H,2,5-6,12H2,1H3. The number of rotatable bonds is 4. The lowest BCUT2D eigenvalue weighted by Crippen LogP contribution is -2.08. The van der Waals surface area contributed by atoms with Gasteiger partial charge in [-0.05, 0) is 36.8 Å². The Balaban J connectivity index is 2.94. The summed E-state index contributed by atoms with van der Waals surface area (Å²) in [6, 6.07) is 5.39. The van der Waals surface area contributed by atoms with Gasteiger partial charge in [0, 0.05) is 5.69 Å². The Morgan fingerprint density at radius 3 is 2.87 bits per heavy atom. The fourth-order valence-electron chi connectivity index (χ4n) is 1.27. The lowest BCUT2D eigenvalue weighted by atomic mass is 10.1. The third kappa shape index (κ3) is 3.16. The highest BCUT2D eigenvalue weighted by Gasteiger charge is 2.10. The number of anilines is 1. The first-order valence-corrected chi connectivity index (χ1v) is 5.48. The van der Waals surface area contributed by atoms with Gasteiger partial charge in [-0.15, -0.1) is 0 Å². The maximum Gasteiger partial charge on any atom is 0.340 e. The van der Waals surface area contributed by atoms with E-state index >= 15 is 0 Å². The summed E-state index contributed by atoms with van der Waals surface area (Å²) >= 11 is 4.14. The minimum absolute atomic E-state index is 0.356. The maximum absolute atomic E-state index is 11.5. The number of nitrogens with two attached hydrogens (primary N) is 1. The predicted molar refractivity (Wildman–Crippen MR) is 64.4 cm³/mol. The largest absolute Gasteiger partial charge is 0.462 e. The normalized spacial score (nSPS) is 10.0. The van der Waals surface area contributed by atoms with Crippen LogP contribution >= 0.6 is 12.6 Å². The van der Waals surface area contributed by atoms with E-state index in [4.69, 9.17) is 10.5 Å². The van der Waals surface area contributed by atoms with Crippen molar-refractivity contribution >= 4 is 24.3 Å². The number of carbonyl (C=O) groups excluding carboxylic acids is 1. The third-order valence-corrected chi connectivity index (χ3v) is 2.24. The molecule has 0 bridgehead atoms. The maximum atomic E-state index is 11.5. The molecule has 3 nitrogen and oxygen atoms in total. The molecule has 0 aliphatic heterocycles. The molecule has 0 spiro atoms. The Labute approximate surface area is 95.0 Å². The summed E-state index contributed by atoms with van der Waals surface area (Å²) < 4.78 is 4.90. The zero-order valence-corrected chi connectivity index (χ0v) is 9.59. The molecule has 1 rings (SSSR count). The van der Waals surface area contributed by atoms with Gasteiger partial charge in [0.15, 0.2) is 0 Å². The number of aryl methyl sites for hydroxylation is 1. The smallest absolute Gasteiger partial charge is 0.340 e. The number of benzene rings is 1. The van der Waals surface area contributed by atoms with E-state index in [1.165, 1.54) is 0 Å². The van der Waals surface area contributed by atoms with Crippen molar-refractivity contribution in [1.82, 2.24) is 0 Å². The quantitative estimate of drug-likeness (QED) is 0.467. The van der Waals surface area contributed by atoms with Crippen molar-refractivity contribution in [3.8, 4) is 0 Å². The van der Waals surface area contributed by atoms with Gasteiger partial charge in [0.05, 0.1) is 12.2 Å². The minimum atomic E-state index is -0.365. The Morgan fingerprint density at radius 2 is 2.27 bits per heavy atom. The Bertz CT molecular complexity index is 352. The number of hydrogen-bond donors (Lipinski definition) is 2. The topological polar surface area (TPSA) is 52.3 Å². The van der Waals surface area contributed by atoms with Crippen LogP contribution in [0, 0.1) is 0 Å². The van der Waals surface area contributed by atoms with Gasteiger partial charge in [-0.2, -0.15) is 12.6 Å². The fraction of sp³-hybridized carbons (Fsp3) is 0.364. The number of ether oxygens (including phenoxy) is 1. The third-order valence-electron chi connectivity index (χ3n) is 2.01. The molecule has 0 unspecified atom stereocenters. The monoisotopic (exact) mass is 225 g/mol. The Kier molecular flexibility index (Phi) is 4.49. The van der Waals surface area contributed by atoms with Gasteiger partial charge in [-0.25, -0.2) is 4.79 Å². The zero-order valence-electron chi connectivity index (χ0n) is 8.69. The first-order chi connectivity index (χ1) is 7.19. The number of esters is 1. The second-order valence-electron chi connectivity index (χ2n) is 3.12. The molecule has 0 atom stereocenters. The van der Waals surface area contributed by atoms with Crippen molar-refractivity contribution in [1.29, 1.82) is 0 Å². The number of thiol groups is 1. The highest BCUT2D eigenvalue weighted by atomic mass is 32.1. The van der Waals surface area contributed by atoms with E-state index in [2.05, 4.69) is 12.6 Å². The first kappa shape index (κ1) is 11.9. The lowest BCUT2D eigenvalue weighted by Gasteiger charge is -2.07. The molecule has 15 heavy (non-hydrogen) atoms. The molecular weight excluding hydrogens is 210 g/mol. The van der Waals surface area contributed by atoms with E-state index < -0.39 is 0 Å². The molecule has 0 radical (unpaired) electrons. The van der Waals surface area contributed by atoms with Gasteiger partial charge >= 0.3 is 5.97 Å². The average Bonchev–Trinajstić information content (AvgIpc) is 2.21. The van der Waals surface area contributed by atoms with Gasteiger partial charge in [0.25, 0.3) is 0 Å². The van der Waals surface area contributed by atoms with Gasteiger partial charge in [0.2, 0.25) is 0 Å². The molecule has 0 heterocycles. The minimum Gasteiger partial charge on any atom is -0.462 e. The molecule has 2 N–H and O–H groups in total. The number of hydrogen-bond acceptors (Lipinski definition) is 4. The Hall–Kier alpha value is -1.16. The van der Waals surface area contributed by atoms with Gasteiger partial charge in [0.1, 0.15) is 0 Å². The van der Waals surface area contributed by atoms with E-state index in [1.807, 2.05) is 6.07 Å². The summed E-state index contributed by atoms with van der Waals surface area (Å²) in [4.78, 5) is 11.5. The number of nitrogen functional groups attached to an aromatic ring is 1. The van der Waals surface area contributed by atoms with E-state index in [0.29, 0.717) is 17.9 Å². The van der Waals surface area contributed by atoms with E-state index in [9.17, 15) is 4.79 Å².